The highest BCUT2D eigenvalue weighted by Gasteiger charge is 2.15. The molecule has 0 radical (unpaired) electrons. The molecule has 2 aromatic heterocycles. The molecule has 8 nitrogen and oxygen atoms in total. The lowest BCUT2D eigenvalue weighted by atomic mass is 10.2. The van der Waals surface area contributed by atoms with E-state index in [1.165, 1.54) is 11.8 Å². The van der Waals surface area contributed by atoms with Gasteiger partial charge in [-0.1, -0.05) is 41.6 Å². The van der Waals surface area contributed by atoms with Gasteiger partial charge in [0, 0.05) is 28.5 Å². The van der Waals surface area contributed by atoms with Gasteiger partial charge in [0.1, 0.15) is 0 Å². The fourth-order valence-electron chi connectivity index (χ4n) is 2.01. The Balaban J connectivity index is 1.97. The van der Waals surface area contributed by atoms with Gasteiger partial charge in [0.15, 0.2) is 5.82 Å². The minimum absolute atomic E-state index is 0.0899. The topological polar surface area (TPSA) is 111 Å². The zero-order valence-corrected chi connectivity index (χ0v) is 15.0. The van der Waals surface area contributed by atoms with Crippen LogP contribution in [-0.4, -0.2) is 37.7 Å². The molecule has 1 aromatic carbocycles. The number of thioether (sulfide) groups is 1. The first-order valence-corrected chi connectivity index (χ1v) is 8.82. The molecule has 3 rings (SSSR count). The molecule has 2 heterocycles. The Labute approximate surface area is 158 Å². The summed E-state index contributed by atoms with van der Waals surface area (Å²) >= 11 is 7.34. The van der Waals surface area contributed by atoms with Gasteiger partial charge in [0.05, 0.1) is 12.0 Å². The minimum Gasteiger partial charge on any atom is -0.294 e. The van der Waals surface area contributed by atoms with Crippen LogP contribution in [0.4, 0.5) is 0 Å². The lowest BCUT2D eigenvalue weighted by molar-refractivity contribution is -0.118. The molecular weight excluding hydrogens is 374 g/mol. The molecule has 3 aromatic rings. The van der Waals surface area contributed by atoms with Crippen molar-refractivity contribution in [1.82, 2.24) is 25.3 Å². The Bertz CT molecular complexity index is 929. The second-order valence-corrected chi connectivity index (χ2v) is 6.33. The van der Waals surface area contributed by atoms with Crippen LogP contribution in [0.25, 0.3) is 11.4 Å². The highest BCUT2D eigenvalue weighted by molar-refractivity contribution is 7.99. The molecular formula is C16H14ClN7OS. The quantitative estimate of drug-likeness (QED) is 0.220. The van der Waals surface area contributed by atoms with E-state index >= 15 is 0 Å². The number of nitrogens with zero attached hydrogens (tertiary/aromatic N) is 5. The van der Waals surface area contributed by atoms with E-state index in [1.807, 2.05) is 18.2 Å². The lowest BCUT2D eigenvalue weighted by Gasteiger charge is -2.04. The Morgan fingerprint density at radius 1 is 1.27 bits per heavy atom. The van der Waals surface area contributed by atoms with Crippen molar-refractivity contribution in [3.05, 3.63) is 59.4 Å². The number of rotatable bonds is 6. The van der Waals surface area contributed by atoms with Crippen LogP contribution in [-0.2, 0) is 4.79 Å². The molecule has 1 amide bonds. The smallest absolute Gasteiger partial charge is 0.244 e. The normalized spacial score (nSPS) is 11.0. The highest BCUT2D eigenvalue weighted by atomic mass is 35.5. The fraction of sp³-hybridized carbons (Fsp3) is 0.0625. The maximum Gasteiger partial charge on any atom is 0.244 e. The zero-order chi connectivity index (χ0) is 18.4. The first kappa shape index (κ1) is 18.1. The van der Waals surface area contributed by atoms with Crippen molar-refractivity contribution in [2.75, 3.05) is 5.75 Å². The van der Waals surface area contributed by atoms with Crippen LogP contribution in [0.15, 0.2) is 59.0 Å². The average molecular weight is 388 g/mol. The van der Waals surface area contributed by atoms with Crippen LogP contribution in [0.2, 0.25) is 5.02 Å². The van der Waals surface area contributed by atoms with E-state index in [2.05, 4.69) is 25.7 Å². The minimum atomic E-state index is -0.329. The molecule has 0 saturated carbocycles. The van der Waals surface area contributed by atoms with Crippen LogP contribution >= 0.6 is 23.4 Å². The van der Waals surface area contributed by atoms with Gasteiger partial charge in [-0.25, -0.2) is 5.84 Å². The average Bonchev–Trinajstić information content (AvgIpc) is 3.09. The summed E-state index contributed by atoms with van der Waals surface area (Å²) in [5, 5.41) is 13.8. The molecule has 0 bridgehead atoms. The van der Waals surface area contributed by atoms with Gasteiger partial charge in [0.25, 0.3) is 0 Å². The van der Waals surface area contributed by atoms with Crippen molar-refractivity contribution in [2.45, 2.75) is 5.16 Å². The largest absolute Gasteiger partial charge is 0.294 e. The molecule has 0 atom stereocenters. The van der Waals surface area contributed by atoms with Crippen molar-refractivity contribution in [3.8, 4) is 11.4 Å². The van der Waals surface area contributed by atoms with Gasteiger partial charge in [0.2, 0.25) is 11.1 Å². The number of pyridine rings is 1. The number of hydrogen-bond acceptors (Lipinski definition) is 7. The summed E-state index contributed by atoms with van der Waals surface area (Å²) < 4.78 is 1.55. The third kappa shape index (κ3) is 4.26. The van der Waals surface area contributed by atoms with Gasteiger partial charge in [-0.05, 0) is 18.2 Å². The lowest BCUT2D eigenvalue weighted by Crippen LogP contribution is -2.31. The second kappa shape index (κ2) is 8.56. The molecule has 0 fully saturated rings. The maximum atomic E-state index is 11.4. The number of hydrazine groups is 1. The summed E-state index contributed by atoms with van der Waals surface area (Å²) in [6.45, 7) is 0. The number of nitrogens with two attached hydrogens (primary N) is 1. The first-order valence-electron chi connectivity index (χ1n) is 7.46. The summed E-state index contributed by atoms with van der Waals surface area (Å²) in [6.07, 6.45) is 4.92. The van der Waals surface area contributed by atoms with E-state index in [1.54, 1.807) is 41.5 Å². The number of halogens is 1. The predicted molar refractivity (Wildman–Crippen MR) is 101 cm³/mol. The van der Waals surface area contributed by atoms with Crippen LogP contribution in [0.1, 0.15) is 5.56 Å². The Morgan fingerprint density at radius 2 is 2.04 bits per heavy atom. The molecule has 132 valence electrons. The van der Waals surface area contributed by atoms with Gasteiger partial charge in [-0.3, -0.25) is 15.2 Å². The van der Waals surface area contributed by atoms with E-state index in [4.69, 9.17) is 17.4 Å². The molecule has 26 heavy (non-hydrogen) atoms. The fourth-order valence-corrected chi connectivity index (χ4v) is 2.89. The Morgan fingerprint density at radius 3 is 2.77 bits per heavy atom. The van der Waals surface area contributed by atoms with E-state index in [0.717, 1.165) is 11.1 Å². The molecule has 0 aliphatic carbocycles. The Kier molecular flexibility index (Phi) is 5.95. The van der Waals surface area contributed by atoms with E-state index < -0.39 is 0 Å². The SMILES string of the molecule is NNC(=O)CSc1nnc(-c2ccncc2)n1N=Cc1ccccc1Cl. The standard InChI is InChI=1S/C16H14ClN7OS/c17-13-4-2-1-3-12(13)9-20-24-15(11-5-7-19-8-6-11)22-23-16(24)26-10-14(25)21-18/h1-9H,10,18H2,(H,21,25). The number of carbonyl (C=O) groups is 1. The second-order valence-electron chi connectivity index (χ2n) is 4.98. The number of nitrogens with one attached hydrogen (secondary N) is 1. The van der Waals surface area contributed by atoms with Crippen molar-refractivity contribution < 1.29 is 4.79 Å². The van der Waals surface area contributed by atoms with E-state index in [0.29, 0.717) is 16.0 Å². The van der Waals surface area contributed by atoms with Gasteiger partial charge < -0.3 is 0 Å². The van der Waals surface area contributed by atoms with Crippen molar-refractivity contribution >= 4 is 35.5 Å². The van der Waals surface area contributed by atoms with Crippen molar-refractivity contribution in [2.24, 2.45) is 10.9 Å². The summed E-state index contributed by atoms with van der Waals surface area (Å²) in [7, 11) is 0. The number of carbonyl (C=O) groups excluding carboxylic acids is 1. The van der Waals surface area contributed by atoms with Crippen molar-refractivity contribution in [3.63, 3.8) is 0 Å². The van der Waals surface area contributed by atoms with Crippen LogP contribution < -0.4 is 11.3 Å². The summed E-state index contributed by atoms with van der Waals surface area (Å²) in [4.78, 5) is 15.4. The first-order chi connectivity index (χ1) is 12.7. The zero-order valence-electron chi connectivity index (χ0n) is 13.4. The Hall–Kier alpha value is -2.75. The van der Waals surface area contributed by atoms with Crippen LogP contribution in [0, 0.1) is 0 Å². The predicted octanol–water partition coefficient (Wildman–Crippen LogP) is 1.96. The monoisotopic (exact) mass is 387 g/mol. The van der Waals surface area contributed by atoms with E-state index in [9.17, 15) is 4.79 Å². The van der Waals surface area contributed by atoms with Crippen molar-refractivity contribution in [1.29, 1.82) is 0 Å². The number of aromatic nitrogens is 4. The van der Waals surface area contributed by atoms with Gasteiger partial charge >= 0.3 is 0 Å². The van der Waals surface area contributed by atoms with Crippen LogP contribution in [0.3, 0.4) is 0 Å². The number of amides is 1. The maximum absolute atomic E-state index is 11.4. The summed E-state index contributed by atoms with van der Waals surface area (Å²) in [5.41, 5.74) is 3.62. The van der Waals surface area contributed by atoms with Gasteiger partial charge in [-0.2, -0.15) is 9.78 Å². The molecule has 0 saturated heterocycles. The molecule has 0 aliphatic rings. The highest BCUT2D eigenvalue weighted by Crippen LogP contribution is 2.23. The number of benzene rings is 1. The molecule has 3 N–H and O–H groups in total. The molecule has 10 heteroatoms. The third-order valence-electron chi connectivity index (χ3n) is 3.26. The molecule has 0 unspecified atom stereocenters. The number of hydrogen-bond donors (Lipinski definition) is 2. The van der Waals surface area contributed by atoms with Crippen LogP contribution in [0.5, 0.6) is 0 Å². The third-order valence-corrected chi connectivity index (χ3v) is 4.52. The molecule has 0 spiro atoms. The summed E-state index contributed by atoms with van der Waals surface area (Å²) in [6, 6.07) is 10.9. The van der Waals surface area contributed by atoms with E-state index in [-0.39, 0.29) is 11.7 Å². The summed E-state index contributed by atoms with van der Waals surface area (Å²) in [5.74, 6) is 5.40. The van der Waals surface area contributed by atoms with Gasteiger partial charge in [-0.15, -0.1) is 10.2 Å². The molecule has 0 aliphatic heterocycles.